The molecule has 0 radical (unpaired) electrons. The number of nitrogens with zero attached hydrogens (tertiary/aromatic N) is 1. The molecule has 2 heterocycles. The number of carbonyl (C=O) groups excluding carboxylic acids is 1. The number of benzene rings is 2. The number of aromatic nitrogens is 1. The second-order valence-corrected chi connectivity index (χ2v) is 9.92. The summed E-state index contributed by atoms with van der Waals surface area (Å²) in [6, 6.07) is 18.2. The molecule has 0 aliphatic carbocycles. The van der Waals surface area contributed by atoms with Gasteiger partial charge in [0.15, 0.2) is 0 Å². The third kappa shape index (κ3) is 6.51. The number of carbonyl (C=O) groups is 1. The lowest BCUT2D eigenvalue weighted by Crippen LogP contribution is -2.31. The maximum Gasteiger partial charge on any atom is 0.224 e. The fourth-order valence-electron chi connectivity index (χ4n) is 3.44. The summed E-state index contributed by atoms with van der Waals surface area (Å²) in [6.45, 7) is 0. The predicted molar refractivity (Wildman–Crippen MR) is 136 cm³/mol. The summed E-state index contributed by atoms with van der Waals surface area (Å²) in [6.07, 6.45) is 0.728. The molecule has 0 fully saturated rings. The number of hydrogen-bond acceptors (Lipinski definition) is 7. The lowest BCUT2D eigenvalue weighted by molar-refractivity contribution is -0.121. The minimum atomic E-state index is -2.38. The normalized spacial score (nSPS) is 12.6. The molecule has 2 atom stereocenters. The first-order valence-corrected chi connectivity index (χ1v) is 13.2. The second kappa shape index (κ2) is 11.4. The van der Waals surface area contributed by atoms with Gasteiger partial charge in [-0.1, -0.05) is 30.3 Å². The molecule has 4 rings (SSSR count). The van der Waals surface area contributed by atoms with Crippen molar-refractivity contribution >= 4 is 45.5 Å². The van der Waals surface area contributed by atoms with Gasteiger partial charge < -0.3 is 19.3 Å². The second-order valence-electron chi connectivity index (χ2n) is 7.44. The first kappa shape index (κ1) is 24.1. The van der Waals surface area contributed by atoms with E-state index in [4.69, 9.17) is 9.72 Å². The number of thiazole rings is 1. The smallest absolute Gasteiger partial charge is 0.224 e. The van der Waals surface area contributed by atoms with Crippen LogP contribution in [0.4, 0.5) is 5.69 Å². The van der Waals surface area contributed by atoms with E-state index >= 15 is 0 Å². The van der Waals surface area contributed by atoms with Gasteiger partial charge in [-0.3, -0.25) is 9.00 Å². The molecule has 0 bridgehead atoms. The molecule has 0 saturated carbocycles. The van der Waals surface area contributed by atoms with Gasteiger partial charge in [-0.2, -0.15) is 0 Å². The Morgan fingerprint density at radius 2 is 1.94 bits per heavy atom. The summed E-state index contributed by atoms with van der Waals surface area (Å²) in [7, 11) is 1.60. The van der Waals surface area contributed by atoms with Gasteiger partial charge in [-0.05, 0) is 53.3 Å². The molecule has 2 aromatic carbocycles. The molecule has 0 saturated heterocycles. The van der Waals surface area contributed by atoms with E-state index in [0.717, 1.165) is 26.7 Å². The minimum Gasteiger partial charge on any atom is -0.755 e. The van der Waals surface area contributed by atoms with Crippen molar-refractivity contribution in [3.63, 3.8) is 0 Å². The van der Waals surface area contributed by atoms with Crippen LogP contribution >= 0.6 is 22.7 Å². The first-order chi connectivity index (χ1) is 16.5. The van der Waals surface area contributed by atoms with Crippen molar-refractivity contribution in [3.05, 3.63) is 88.2 Å². The van der Waals surface area contributed by atoms with Crippen LogP contribution < -0.4 is 14.8 Å². The molecule has 7 nitrogen and oxygen atoms in total. The number of ether oxygens (including phenoxy) is 1. The monoisotopic (exact) mass is 512 g/mol. The number of hydrogen-bond donors (Lipinski definition) is 2. The Balaban J connectivity index is 1.53. The molecule has 176 valence electrons. The predicted octanol–water partition coefficient (Wildman–Crippen LogP) is 4.73. The summed E-state index contributed by atoms with van der Waals surface area (Å²) < 4.78 is 29.3. The van der Waals surface area contributed by atoms with Crippen molar-refractivity contribution in [1.82, 2.24) is 10.3 Å². The zero-order valence-corrected chi connectivity index (χ0v) is 20.7. The average molecular weight is 513 g/mol. The van der Waals surface area contributed by atoms with E-state index in [1.807, 2.05) is 59.3 Å². The van der Waals surface area contributed by atoms with Crippen LogP contribution in [0.2, 0.25) is 0 Å². The van der Waals surface area contributed by atoms with Crippen molar-refractivity contribution in [2.45, 2.75) is 18.9 Å². The highest BCUT2D eigenvalue weighted by atomic mass is 32.2. The fraction of sp³-hybridized carbons (Fsp3) is 0.167. The van der Waals surface area contributed by atoms with E-state index < -0.39 is 11.3 Å². The molecular formula is C24H22N3O4S3-. The fourth-order valence-corrected chi connectivity index (χ4v) is 5.46. The quantitative estimate of drug-likeness (QED) is 0.299. The van der Waals surface area contributed by atoms with Crippen LogP contribution in [-0.2, 0) is 28.9 Å². The summed E-state index contributed by atoms with van der Waals surface area (Å²) >= 11 is 0.787. The highest BCUT2D eigenvalue weighted by Crippen LogP contribution is 2.31. The van der Waals surface area contributed by atoms with Gasteiger partial charge in [0.1, 0.15) is 10.8 Å². The van der Waals surface area contributed by atoms with Crippen LogP contribution in [0.3, 0.4) is 0 Å². The van der Waals surface area contributed by atoms with Crippen LogP contribution in [0.1, 0.15) is 22.9 Å². The van der Waals surface area contributed by atoms with Crippen molar-refractivity contribution in [2.24, 2.45) is 0 Å². The molecule has 1 amide bonds. The number of methoxy groups -OCH3 is 1. The van der Waals surface area contributed by atoms with E-state index in [1.54, 1.807) is 41.9 Å². The topological polar surface area (TPSA) is 103 Å². The van der Waals surface area contributed by atoms with E-state index in [2.05, 4.69) is 10.0 Å². The maximum absolute atomic E-state index is 12.9. The molecule has 4 aromatic rings. The van der Waals surface area contributed by atoms with Crippen LogP contribution in [0, 0.1) is 0 Å². The lowest BCUT2D eigenvalue weighted by atomic mass is 10.0. The molecule has 0 spiro atoms. The molecule has 10 heteroatoms. The maximum atomic E-state index is 12.9. The molecule has 2 aromatic heterocycles. The third-order valence-corrected chi connectivity index (χ3v) is 7.34. The van der Waals surface area contributed by atoms with Crippen molar-refractivity contribution in [2.75, 3.05) is 11.8 Å². The summed E-state index contributed by atoms with van der Waals surface area (Å²) in [5, 5.41) is 8.02. The molecule has 34 heavy (non-hydrogen) atoms. The Bertz CT molecular complexity index is 1260. The Morgan fingerprint density at radius 1 is 1.12 bits per heavy atom. The molecule has 1 unspecified atom stereocenters. The Morgan fingerprint density at radius 3 is 2.65 bits per heavy atom. The van der Waals surface area contributed by atoms with Gasteiger partial charge in [0, 0.05) is 22.3 Å². The summed E-state index contributed by atoms with van der Waals surface area (Å²) in [5.41, 5.74) is 3.06. The van der Waals surface area contributed by atoms with E-state index in [1.165, 1.54) is 0 Å². The molecular weight excluding hydrogens is 490 g/mol. The number of thiophene rings is 1. The summed E-state index contributed by atoms with van der Waals surface area (Å²) in [5.74, 6) is 0.582. The minimum absolute atomic E-state index is 0.121. The number of anilines is 1. The Hall–Kier alpha value is -3.05. The molecule has 0 aliphatic heterocycles. The van der Waals surface area contributed by atoms with E-state index in [-0.39, 0.29) is 18.4 Å². The SMILES string of the molecule is COc1cccc(CC(=O)N[C@@H](Cc2ccc(NS(=O)[O-])cc2)c2csc(-c3cccs3)n2)c1. The zero-order chi connectivity index (χ0) is 23.9. The number of nitrogens with one attached hydrogen (secondary N) is 2. The van der Waals surface area contributed by atoms with Crippen molar-refractivity contribution in [1.29, 1.82) is 0 Å². The summed E-state index contributed by atoms with van der Waals surface area (Å²) in [4.78, 5) is 18.8. The average Bonchev–Trinajstić information content (AvgIpc) is 3.52. The Labute approximate surface area is 208 Å². The number of amides is 1. The number of rotatable bonds is 10. The van der Waals surface area contributed by atoms with Gasteiger partial charge in [0.05, 0.1) is 30.1 Å². The highest BCUT2D eigenvalue weighted by molar-refractivity contribution is 7.80. The van der Waals surface area contributed by atoms with Crippen molar-refractivity contribution in [3.8, 4) is 15.6 Å². The first-order valence-electron chi connectivity index (χ1n) is 10.4. The van der Waals surface area contributed by atoms with Gasteiger partial charge >= 0.3 is 0 Å². The van der Waals surface area contributed by atoms with Crippen LogP contribution in [0.25, 0.3) is 9.88 Å². The van der Waals surface area contributed by atoms with Gasteiger partial charge in [0.25, 0.3) is 0 Å². The molecule has 0 aliphatic rings. The van der Waals surface area contributed by atoms with Crippen LogP contribution in [0.5, 0.6) is 5.75 Å². The van der Waals surface area contributed by atoms with Crippen molar-refractivity contribution < 1.29 is 18.3 Å². The lowest BCUT2D eigenvalue weighted by Gasteiger charge is -2.18. The van der Waals surface area contributed by atoms with Gasteiger partial charge in [-0.25, -0.2) is 4.98 Å². The van der Waals surface area contributed by atoms with E-state index in [0.29, 0.717) is 17.9 Å². The Kier molecular flexibility index (Phi) is 8.07. The van der Waals surface area contributed by atoms with Crippen LogP contribution in [0.15, 0.2) is 71.4 Å². The standard InChI is InChI=1S/C24H23N3O4S3/c1-31-19-5-2-4-17(12-19)14-23(28)25-20(13-16-7-9-18(10-8-16)27-34(29)30)21-15-33-24(26-21)22-6-3-11-32-22/h2-12,15,20,27H,13-14H2,1H3,(H,25,28)(H,29,30)/p-1/t20-/m0/s1. The highest BCUT2D eigenvalue weighted by Gasteiger charge is 2.20. The van der Waals surface area contributed by atoms with Gasteiger partial charge in [-0.15, -0.1) is 22.7 Å². The zero-order valence-electron chi connectivity index (χ0n) is 18.2. The van der Waals surface area contributed by atoms with Crippen LogP contribution in [-0.4, -0.2) is 26.8 Å². The largest absolute Gasteiger partial charge is 0.755 e. The molecule has 2 N–H and O–H groups in total. The third-order valence-electron chi connectivity index (χ3n) is 5.04. The van der Waals surface area contributed by atoms with E-state index in [9.17, 15) is 13.6 Å². The van der Waals surface area contributed by atoms with Gasteiger partial charge in [0.2, 0.25) is 5.91 Å².